The van der Waals surface area contributed by atoms with Crippen LogP contribution >= 0.6 is 12.4 Å². The molecule has 1 N–H and O–H groups in total. The molecule has 0 bridgehead atoms. The Kier molecular flexibility index (Phi) is 4.21. The Labute approximate surface area is 76.1 Å². The van der Waals surface area contributed by atoms with Gasteiger partial charge < -0.3 is 5.11 Å². The molecule has 1 atom stereocenters. The lowest BCUT2D eigenvalue weighted by Gasteiger charge is -2.02. The van der Waals surface area contributed by atoms with Crippen LogP contribution in [0.15, 0.2) is 18.7 Å². The lowest BCUT2D eigenvalue weighted by Crippen LogP contribution is -2.07. The van der Waals surface area contributed by atoms with Gasteiger partial charge in [-0.15, -0.1) is 12.4 Å². The van der Waals surface area contributed by atoms with Gasteiger partial charge in [-0.3, -0.25) is 4.79 Å². The van der Waals surface area contributed by atoms with E-state index in [1.165, 1.54) is 18.7 Å². The normalized spacial score (nSPS) is 11.4. The zero-order valence-electron chi connectivity index (χ0n) is 6.47. The second-order valence-corrected chi connectivity index (χ2v) is 2.23. The van der Waals surface area contributed by atoms with Gasteiger partial charge >= 0.3 is 5.97 Å². The van der Waals surface area contributed by atoms with Crippen molar-refractivity contribution in [1.82, 2.24) is 9.97 Å². The molecule has 0 saturated heterocycles. The SMILES string of the molecule is CC(C(=O)O)c1cncnc1.Cl. The molecule has 0 aliphatic rings. The molecule has 0 fully saturated rings. The second-order valence-electron chi connectivity index (χ2n) is 2.23. The van der Waals surface area contributed by atoms with Gasteiger partial charge in [0.15, 0.2) is 0 Å². The van der Waals surface area contributed by atoms with Crippen LogP contribution in [0.4, 0.5) is 0 Å². The summed E-state index contributed by atoms with van der Waals surface area (Å²) in [5, 5.41) is 8.58. The van der Waals surface area contributed by atoms with Crippen LogP contribution < -0.4 is 0 Å². The zero-order valence-corrected chi connectivity index (χ0v) is 7.28. The summed E-state index contributed by atoms with van der Waals surface area (Å²) in [4.78, 5) is 17.9. The maximum Gasteiger partial charge on any atom is 0.310 e. The molecule has 0 aliphatic heterocycles. The minimum atomic E-state index is -0.861. The predicted octanol–water partition coefficient (Wildman–Crippen LogP) is 1.09. The van der Waals surface area contributed by atoms with E-state index in [2.05, 4.69) is 9.97 Å². The van der Waals surface area contributed by atoms with Crippen molar-refractivity contribution >= 4 is 18.4 Å². The number of carboxylic acids is 1. The van der Waals surface area contributed by atoms with E-state index in [1.807, 2.05) is 0 Å². The maximum atomic E-state index is 10.4. The van der Waals surface area contributed by atoms with E-state index >= 15 is 0 Å². The predicted molar refractivity (Wildman–Crippen MR) is 45.3 cm³/mol. The van der Waals surface area contributed by atoms with Gasteiger partial charge in [-0.05, 0) is 6.92 Å². The summed E-state index contributed by atoms with van der Waals surface area (Å²) in [5.74, 6) is -1.39. The molecular weight excluding hydrogens is 180 g/mol. The van der Waals surface area contributed by atoms with Crippen molar-refractivity contribution in [3.05, 3.63) is 24.3 Å². The molecule has 5 heteroatoms. The van der Waals surface area contributed by atoms with Crippen molar-refractivity contribution in [3.8, 4) is 0 Å². The van der Waals surface area contributed by atoms with Crippen molar-refractivity contribution in [3.63, 3.8) is 0 Å². The highest BCUT2D eigenvalue weighted by Crippen LogP contribution is 2.11. The molecule has 0 aromatic carbocycles. The van der Waals surface area contributed by atoms with E-state index in [1.54, 1.807) is 6.92 Å². The average Bonchev–Trinajstić information content (AvgIpc) is 2.05. The first-order chi connectivity index (χ1) is 5.22. The first kappa shape index (κ1) is 10.8. The minimum absolute atomic E-state index is 0. The Hall–Kier alpha value is -1.16. The van der Waals surface area contributed by atoms with Crippen LogP contribution in [0.3, 0.4) is 0 Å². The lowest BCUT2D eigenvalue weighted by molar-refractivity contribution is -0.138. The van der Waals surface area contributed by atoms with Crippen molar-refractivity contribution in [2.45, 2.75) is 12.8 Å². The fourth-order valence-electron chi connectivity index (χ4n) is 0.677. The highest BCUT2D eigenvalue weighted by Gasteiger charge is 2.12. The first-order valence-electron chi connectivity index (χ1n) is 3.19. The number of hydrogen-bond donors (Lipinski definition) is 1. The van der Waals surface area contributed by atoms with Gasteiger partial charge in [0.05, 0.1) is 5.92 Å². The Morgan fingerprint density at radius 1 is 1.50 bits per heavy atom. The van der Waals surface area contributed by atoms with Crippen molar-refractivity contribution in [1.29, 1.82) is 0 Å². The van der Waals surface area contributed by atoms with Crippen molar-refractivity contribution in [2.75, 3.05) is 0 Å². The summed E-state index contributed by atoms with van der Waals surface area (Å²) < 4.78 is 0. The van der Waals surface area contributed by atoms with Gasteiger partial charge in [-0.2, -0.15) is 0 Å². The van der Waals surface area contributed by atoms with E-state index in [9.17, 15) is 4.79 Å². The number of aromatic nitrogens is 2. The molecule has 0 saturated carbocycles. The molecule has 4 nitrogen and oxygen atoms in total. The molecule has 66 valence electrons. The Bertz CT molecular complexity index is 253. The van der Waals surface area contributed by atoms with Gasteiger partial charge in [0.1, 0.15) is 6.33 Å². The van der Waals surface area contributed by atoms with E-state index in [4.69, 9.17) is 5.11 Å². The van der Waals surface area contributed by atoms with Gasteiger partial charge in [-0.25, -0.2) is 9.97 Å². The van der Waals surface area contributed by atoms with Crippen LogP contribution in [0, 0.1) is 0 Å². The molecule has 0 amide bonds. The van der Waals surface area contributed by atoms with Crippen LogP contribution in [0.1, 0.15) is 18.4 Å². The van der Waals surface area contributed by atoms with E-state index in [0.29, 0.717) is 5.56 Å². The zero-order chi connectivity index (χ0) is 8.27. The number of aliphatic carboxylic acids is 1. The smallest absolute Gasteiger partial charge is 0.310 e. The molecular formula is C7H9ClN2O2. The van der Waals surface area contributed by atoms with Crippen LogP contribution in [0.2, 0.25) is 0 Å². The second kappa shape index (κ2) is 4.66. The largest absolute Gasteiger partial charge is 0.481 e. The number of carbonyl (C=O) groups is 1. The molecule has 1 rings (SSSR count). The Morgan fingerprint density at radius 3 is 2.42 bits per heavy atom. The summed E-state index contributed by atoms with van der Waals surface area (Å²) in [6.45, 7) is 1.60. The maximum absolute atomic E-state index is 10.4. The Balaban J connectivity index is 0.00000121. The van der Waals surface area contributed by atoms with E-state index < -0.39 is 11.9 Å². The highest BCUT2D eigenvalue weighted by molar-refractivity contribution is 5.85. The van der Waals surface area contributed by atoms with E-state index in [-0.39, 0.29) is 12.4 Å². The van der Waals surface area contributed by atoms with Gasteiger partial charge in [0.25, 0.3) is 0 Å². The molecule has 12 heavy (non-hydrogen) atoms. The first-order valence-corrected chi connectivity index (χ1v) is 3.19. The number of carboxylic acid groups (broad SMARTS) is 1. The molecule has 1 unspecified atom stereocenters. The van der Waals surface area contributed by atoms with Crippen LogP contribution in [-0.2, 0) is 4.79 Å². The highest BCUT2D eigenvalue weighted by atomic mass is 35.5. The molecule has 0 radical (unpaired) electrons. The number of hydrogen-bond acceptors (Lipinski definition) is 3. The standard InChI is InChI=1S/C7H8N2O2.ClH/c1-5(7(10)11)6-2-8-4-9-3-6;/h2-5H,1H3,(H,10,11);1H. The third-order valence-electron chi connectivity index (χ3n) is 1.45. The van der Waals surface area contributed by atoms with Crippen molar-refractivity contribution < 1.29 is 9.90 Å². The molecule has 1 heterocycles. The van der Waals surface area contributed by atoms with Crippen LogP contribution in [-0.4, -0.2) is 21.0 Å². The molecule has 1 aromatic rings. The quantitative estimate of drug-likeness (QED) is 0.755. The summed E-state index contributed by atoms with van der Waals surface area (Å²) in [6.07, 6.45) is 4.38. The number of rotatable bonds is 2. The lowest BCUT2D eigenvalue weighted by atomic mass is 10.1. The minimum Gasteiger partial charge on any atom is -0.481 e. The number of halogens is 1. The van der Waals surface area contributed by atoms with Gasteiger partial charge in [-0.1, -0.05) is 0 Å². The summed E-state index contributed by atoms with van der Waals surface area (Å²) in [7, 11) is 0. The van der Waals surface area contributed by atoms with Gasteiger partial charge in [0, 0.05) is 18.0 Å². The molecule has 1 aromatic heterocycles. The topological polar surface area (TPSA) is 63.1 Å². The summed E-state index contributed by atoms with van der Waals surface area (Å²) >= 11 is 0. The number of nitrogens with zero attached hydrogens (tertiary/aromatic N) is 2. The average molecular weight is 189 g/mol. The fourth-order valence-corrected chi connectivity index (χ4v) is 0.677. The summed E-state index contributed by atoms with van der Waals surface area (Å²) in [5.41, 5.74) is 0.625. The van der Waals surface area contributed by atoms with Gasteiger partial charge in [0.2, 0.25) is 0 Å². The molecule has 0 aliphatic carbocycles. The third-order valence-corrected chi connectivity index (χ3v) is 1.45. The Morgan fingerprint density at radius 2 is 2.00 bits per heavy atom. The van der Waals surface area contributed by atoms with E-state index in [0.717, 1.165) is 0 Å². The summed E-state index contributed by atoms with van der Waals surface area (Å²) in [6, 6.07) is 0. The van der Waals surface area contributed by atoms with Crippen LogP contribution in [0.5, 0.6) is 0 Å². The monoisotopic (exact) mass is 188 g/mol. The molecule has 0 spiro atoms. The fraction of sp³-hybridized carbons (Fsp3) is 0.286. The van der Waals surface area contributed by atoms with Crippen molar-refractivity contribution in [2.24, 2.45) is 0 Å². The third kappa shape index (κ3) is 2.47. The van der Waals surface area contributed by atoms with Crippen LogP contribution in [0.25, 0.3) is 0 Å².